The largest absolute Gasteiger partial charge is 0.497 e. The van der Waals surface area contributed by atoms with Gasteiger partial charge in [0, 0.05) is 6.07 Å². The van der Waals surface area contributed by atoms with Crippen LogP contribution in [0, 0.1) is 11.3 Å². The van der Waals surface area contributed by atoms with E-state index in [1.54, 1.807) is 25.3 Å². The summed E-state index contributed by atoms with van der Waals surface area (Å²) in [6.07, 6.45) is 0.145. The van der Waals surface area contributed by atoms with E-state index in [4.69, 9.17) is 20.5 Å². The number of benzene rings is 1. The fourth-order valence-electron chi connectivity index (χ4n) is 1.10. The highest BCUT2D eigenvalue weighted by Gasteiger charge is 2.09. The molecule has 80 valence electrons. The van der Waals surface area contributed by atoms with Crippen LogP contribution in [0.4, 0.5) is 5.69 Å². The lowest BCUT2D eigenvalue weighted by molar-refractivity contribution is 0.252. The SMILES string of the molecule is CCC(C#N)Oc1cc(OC)ccc1N. The first-order valence-corrected chi connectivity index (χ1v) is 4.71. The van der Waals surface area contributed by atoms with E-state index in [0.29, 0.717) is 23.6 Å². The predicted molar refractivity (Wildman–Crippen MR) is 57.7 cm³/mol. The topological polar surface area (TPSA) is 68.3 Å². The molecule has 15 heavy (non-hydrogen) atoms. The Morgan fingerprint density at radius 2 is 2.27 bits per heavy atom. The number of hydrogen-bond donors (Lipinski definition) is 1. The summed E-state index contributed by atoms with van der Waals surface area (Å²) in [5.41, 5.74) is 6.22. The summed E-state index contributed by atoms with van der Waals surface area (Å²) >= 11 is 0. The van der Waals surface area contributed by atoms with Gasteiger partial charge in [0.05, 0.1) is 12.8 Å². The lowest BCUT2D eigenvalue weighted by Gasteiger charge is -2.13. The molecule has 0 fully saturated rings. The Hall–Kier alpha value is -1.89. The van der Waals surface area contributed by atoms with E-state index >= 15 is 0 Å². The van der Waals surface area contributed by atoms with Crippen LogP contribution in [0.3, 0.4) is 0 Å². The van der Waals surface area contributed by atoms with Crippen molar-refractivity contribution in [2.45, 2.75) is 19.4 Å². The zero-order valence-electron chi connectivity index (χ0n) is 8.86. The molecule has 4 nitrogen and oxygen atoms in total. The van der Waals surface area contributed by atoms with Crippen LogP contribution in [0.15, 0.2) is 18.2 Å². The molecule has 4 heteroatoms. The molecule has 0 aliphatic heterocycles. The molecule has 0 radical (unpaired) electrons. The molecule has 1 aromatic carbocycles. The maximum Gasteiger partial charge on any atom is 0.184 e. The lowest BCUT2D eigenvalue weighted by Crippen LogP contribution is -2.13. The van der Waals surface area contributed by atoms with Gasteiger partial charge in [0.15, 0.2) is 6.10 Å². The zero-order valence-corrected chi connectivity index (χ0v) is 8.86. The van der Waals surface area contributed by atoms with Crippen LogP contribution in [0.25, 0.3) is 0 Å². The quantitative estimate of drug-likeness (QED) is 0.764. The molecule has 1 aromatic rings. The van der Waals surface area contributed by atoms with Crippen molar-refractivity contribution in [2.75, 3.05) is 12.8 Å². The van der Waals surface area contributed by atoms with Crippen molar-refractivity contribution in [3.05, 3.63) is 18.2 Å². The van der Waals surface area contributed by atoms with E-state index in [0.717, 1.165) is 0 Å². The second-order valence-electron chi connectivity index (χ2n) is 3.05. The highest BCUT2D eigenvalue weighted by molar-refractivity contribution is 5.55. The number of nitrogens with zero attached hydrogens (tertiary/aromatic N) is 1. The standard InChI is InChI=1S/C11H14N2O2/c1-3-8(7-12)15-11-6-9(14-2)4-5-10(11)13/h4-6,8H,3,13H2,1-2H3. The molecule has 0 spiro atoms. The van der Waals surface area contributed by atoms with Crippen molar-refractivity contribution in [1.29, 1.82) is 5.26 Å². The minimum atomic E-state index is -0.473. The van der Waals surface area contributed by atoms with Crippen LogP contribution in [0.2, 0.25) is 0 Å². The van der Waals surface area contributed by atoms with E-state index in [1.165, 1.54) is 0 Å². The molecule has 1 atom stereocenters. The average molecular weight is 206 g/mol. The van der Waals surface area contributed by atoms with Gasteiger partial charge in [0.25, 0.3) is 0 Å². The van der Waals surface area contributed by atoms with E-state index < -0.39 is 6.10 Å². The third-order valence-corrected chi connectivity index (χ3v) is 2.00. The third kappa shape index (κ3) is 2.78. The highest BCUT2D eigenvalue weighted by Crippen LogP contribution is 2.27. The number of anilines is 1. The first-order chi connectivity index (χ1) is 7.21. The summed E-state index contributed by atoms with van der Waals surface area (Å²) in [6, 6.07) is 7.16. The fourth-order valence-corrected chi connectivity index (χ4v) is 1.10. The van der Waals surface area contributed by atoms with Gasteiger partial charge in [0.1, 0.15) is 17.6 Å². The van der Waals surface area contributed by atoms with Crippen molar-refractivity contribution in [3.63, 3.8) is 0 Å². The first kappa shape index (κ1) is 11.2. The first-order valence-electron chi connectivity index (χ1n) is 4.71. The Morgan fingerprint density at radius 3 is 2.80 bits per heavy atom. The fraction of sp³-hybridized carbons (Fsp3) is 0.364. The number of nitrogens with two attached hydrogens (primary N) is 1. The van der Waals surface area contributed by atoms with Crippen molar-refractivity contribution in [1.82, 2.24) is 0 Å². The average Bonchev–Trinajstić information content (AvgIpc) is 2.28. The van der Waals surface area contributed by atoms with Gasteiger partial charge in [0.2, 0.25) is 0 Å². The molecule has 2 N–H and O–H groups in total. The molecule has 0 aromatic heterocycles. The second-order valence-corrected chi connectivity index (χ2v) is 3.05. The van der Waals surface area contributed by atoms with Crippen LogP contribution in [0.5, 0.6) is 11.5 Å². The number of rotatable bonds is 4. The van der Waals surface area contributed by atoms with Crippen molar-refractivity contribution >= 4 is 5.69 Å². The van der Waals surface area contributed by atoms with E-state index in [-0.39, 0.29) is 0 Å². The van der Waals surface area contributed by atoms with E-state index in [9.17, 15) is 0 Å². The molecule has 0 heterocycles. The monoisotopic (exact) mass is 206 g/mol. The Balaban J connectivity index is 2.88. The molecule has 1 unspecified atom stereocenters. The van der Waals surface area contributed by atoms with Crippen LogP contribution in [0.1, 0.15) is 13.3 Å². The minimum Gasteiger partial charge on any atom is -0.497 e. The lowest BCUT2D eigenvalue weighted by atomic mass is 10.2. The van der Waals surface area contributed by atoms with E-state index in [1.807, 2.05) is 13.0 Å². The van der Waals surface area contributed by atoms with Gasteiger partial charge in [-0.25, -0.2) is 0 Å². The van der Waals surface area contributed by atoms with Crippen molar-refractivity contribution in [2.24, 2.45) is 0 Å². The smallest absolute Gasteiger partial charge is 0.184 e. The predicted octanol–water partition coefficient (Wildman–Crippen LogP) is 1.96. The van der Waals surface area contributed by atoms with Gasteiger partial charge in [-0.05, 0) is 18.6 Å². The molecule has 0 amide bonds. The van der Waals surface area contributed by atoms with Crippen molar-refractivity contribution in [3.8, 4) is 17.6 Å². The maximum atomic E-state index is 8.76. The van der Waals surface area contributed by atoms with E-state index in [2.05, 4.69) is 0 Å². The van der Waals surface area contributed by atoms with Crippen LogP contribution in [-0.2, 0) is 0 Å². The van der Waals surface area contributed by atoms with Gasteiger partial charge >= 0.3 is 0 Å². The number of nitriles is 1. The number of hydrogen-bond acceptors (Lipinski definition) is 4. The summed E-state index contributed by atoms with van der Waals surface area (Å²) in [7, 11) is 1.57. The van der Waals surface area contributed by atoms with Gasteiger partial charge in [-0.15, -0.1) is 0 Å². The zero-order chi connectivity index (χ0) is 11.3. The summed E-state index contributed by atoms with van der Waals surface area (Å²) in [4.78, 5) is 0. The number of ether oxygens (including phenoxy) is 2. The van der Waals surface area contributed by atoms with Crippen LogP contribution >= 0.6 is 0 Å². The second kappa shape index (κ2) is 5.11. The molecule has 0 aliphatic rings. The van der Waals surface area contributed by atoms with Gasteiger partial charge in [-0.1, -0.05) is 6.92 Å². The van der Waals surface area contributed by atoms with Crippen LogP contribution < -0.4 is 15.2 Å². The van der Waals surface area contributed by atoms with Gasteiger partial charge in [-0.3, -0.25) is 0 Å². The van der Waals surface area contributed by atoms with Crippen molar-refractivity contribution < 1.29 is 9.47 Å². The molecule has 0 saturated heterocycles. The number of nitrogen functional groups attached to an aromatic ring is 1. The normalized spacial score (nSPS) is 11.5. The maximum absolute atomic E-state index is 8.76. The Kier molecular flexibility index (Phi) is 3.81. The summed E-state index contributed by atoms with van der Waals surface area (Å²) in [5.74, 6) is 1.15. The molecular weight excluding hydrogens is 192 g/mol. The summed E-state index contributed by atoms with van der Waals surface area (Å²) in [5, 5.41) is 8.76. The molecule has 0 aliphatic carbocycles. The summed E-state index contributed by atoms with van der Waals surface area (Å²) < 4.78 is 10.5. The van der Waals surface area contributed by atoms with Crippen LogP contribution in [-0.4, -0.2) is 13.2 Å². The Morgan fingerprint density at radius 1 is 1.53 bits per heavy atom. The van der Waals surface area contributed by atoms with Gasteiger partial charge in [-0.2, -0.15) is 5.26 Å². The minimum absolute atomic E-state index is 0.473. The molecular formula is C11H14N2O2. The Labute approximate surface area is 89.2 Å². The molecule has 0 saturated carbocycles. The Bertz CT molecular complexity index is 371. The van der Waals surface area contributed by atoms with Gasteiger partial charge < -0.3 is 15.2 Å². The molecule has 0 bridgehead atoms. The number of methoxy groups -OCH3 is 1. The molecule has 1 rings (SSSR count). The third-order valence-electron chi connectivity index (χ3n) is 2.00. The summed E-state index contributed by atoms with van der Waals surface area (Å²) in [6.45, 7) is 1.88. The highest BCUT2D eigenvalue weighted by atomic mass is 16.5.